The summed E-state index contributed by atoms with van der Waals surface area (Å²) in [6.07, 6.45) is -0.0254. The molecule has 0 unspecified atom stereocenters. The van der Waals surface area contributed by atoms with Crippen LogP contribution in [0, 0.1) is 0 Å². The molecule has 146 valence electrons. The van der Waals surface area contributed by atoms with Gasteiger partial charge in [0.1, 0.15) is 0 Å². The summed E-state index contributed by atoms with van der Waals surface area (Å²) in [5.41, 5.74) is 11.2. The first-order valence-electron chi connectivity index (χ1n) is 9.33. The minimum Gasteiger partial charge on any atom is -0.481 e. The highest BCUT2D eigenvalue weighted by molar-refractivity contribution is 6.08. The summed E-state index contributed by atoms with van der Waals surface area (Å²) < 4.78 is 5.46. The molecule has 1 aromatic heterocycles. The second-order valence-electron chi connectivity index (χ2n) is 6.81. The number of pyridine rings is 1. The highest BCUT2D eigenvalue weighted by Crippen LogP contribution is 2.33. The molecule has 0 amide bonds. The molecule has 0 radical (unpaired) electrons. The Bertz CT molecular complexity index is 1140. The maximum absolute atomic E-state index is 10.6. The summed E-state index contributed by atoms with van der Waals surface area (Å²) in [6, 6.07) is 21.7. The van der Waals surface area contributed by atoms with Gasteiger partial charge in [-0.05, 0) is 35.9 Å². The molecule has 3 aromatic carbocycles. The molecule has 0 aliphatic rings. The van der Waals surface area contributed by atoms with E-state index in [1.165, 1.54) is 0 Å². The number of anilines is 3. The molecule has 0 fully saturated rings. The number of para-hydroxylation sites is 2. The van der Waals surface area contributed by atoms with Crippen molar-refractivity contribution in [1.29, 1.82) is 0 Å². The predicted molar refractivity (Wildman–Crippen MR) is 115 cm³/mol. The van der Waals surface area contributed by atoms with Gasteiger partial charge >= 0.3 is 5.97 Å². The zero-order chi connectivity index (χ0) is 20.2. The van der Waals surface area contributed by atoms with Crippen LogP contribution in [0.3, 0.4) is 0 Å². The molecule has 4 rings (SSSR count). The Hall–Kier alpha value is -3.64. The van der Waals surface area contributed by atoms with Gasteiger partial charge in [0, 0.05) is 22.1 Å². The average molecular weight is 387 g/mol. The van der Waals surface area contributed by atoms with E-state index in [9.17, 15) is 4.79 Å². The van der Waals surface area contributed by atoms with Gasteiger partial charge in [-0.2, -0.15) is 0 Å². The average Bonchev–Trinajstić information content (AvgIpc) is 2.70. The number of ether oxygens (including phenoxy) is 1. The number of aliphatic carboxylic acids is 1. The van der Waals surface area contributed by atoms with E-state index < -0.39 is 5.97 Å². The number of nitrogens with zero attached hydrogens (tertiary/aromatic N) is 1. The standard InChI is InChI=1S/C23H21N3O3/c24-16-11-15(14-29-10-9-22(27)28)12-17(13-16)25-23-18-5-1-3-7-20(18)26-21-8-4-2-6-19(21)23/h1-8,11-13H,9-10,14,24H2,(H,25,26)(H,27,28). The van der Waals surface area contributed by atoms with E-state index in [2.05, 4.69) is 5.32 Å². The lowest BCUT2D eigenvalue weighted by atomic mass is 10.1. The van der Waals surface area contributed by atoms with Crippen LogP contribution in [-0.2, 0) is 16.1 Å². The Morgan fingerprint density at radius 3 is 2.31 bits per heavy atom. The van der Waals surface area contributed by atoms with E-state index in [4.69, 9.17) is 20.6 Å². The Kier molecular flexibility index (Phi) is 5.27. The summed E-state index contributed by atoms with van der Waals surface area (Å²) in [5, 5.41) is 14.3. The Morgan fingerprint density at radius 1 is 1.00 bits per heavy atom. The van der Waals surface area contributed by atoms with Crippen molar-refractivity contribution in [1.82, 2.24) is 4.98 Å². The van der Waals surface area contributed by atoms with Crippen molar-refractivity contribution >= 4 is 44.8 Å². The second kappa shape index (κ2) is 8.16. The maximum atomic E-state index is 10.6. The summed E-state index contributed by atoms with van der Waals surface area (Å²) in [7, 11) is 0. The second-order valence-corrected chi connectivity index (χ2v) is 6.81. The van der Waals surface area contributed by atoms with Gasteiger partial charge in [0.25, 0.3) is 0 Å². The number of benzene rings is 3. The zero-order valence-electron chi connectivity index (χ0n) is 15.8. The number of hydrogen-bond donors (Lipinski definition) is 3. The van der Waals surface area contributed by atoms with E-state index in [0.29, 0.717) is 12.3 Å². The number of aromatic nitrogens is 1. The number of carboxylic acid groups (broad SMARTS) is 1. The Balaban J connectivity index is 1.68. The van der Waals surface area contributed by atoms with Crippen molar-refractivity contribution in [2.24, 2.45) is 0 Å². The normalized spacial score (nSPS) is 11.0. The molecular weight excluding hydrogens is 366 g/mol. The first-order chi connectivity index (χ1) is 14.1. The summed E-state index contributed by atoms with van der Waals surface area (Å²) in [6.45, 7) is 0.456. The number of nitrogen functional groups attached to an aromatic ring is 1. The summed E-state index contributed by atoms with van der Waals surface area (Å²) >= 11 is 0. The number of nitrogens with two attached hydrogens (primary N) is 1. The number of hydrogen-bond acceptors (Lipinski definition) is 5. The number of fused-ring (bicyclic) bond motifs is 2. The van der Waals surface area contributed by atoms with Crippen molar-refractivity contribution in [2.75, 3.05) is 17.7 Å². The van der Waals surface area contributed by atoms with Gasteiger partial charge in [0.15, 0.2) is 0 Å². The molecule has 0 aliphatic heterocycles. The van der Waals surface area contributed by atoms with E-state index in [1.807, 2.05) is 66.7 Å². The molecule has 1 heterocycles. The fourth-order valence-corrected chi connectivity index (χ4v) is 3.34. The van der Waals surface area contributed by atoms with Crippen LogP contribution in [0.2, 0.25) is 0 Å². The van der Waals surface area contributed by atoms with Crippen LogP contribution in [0.1, 0.15) is 12.0 Å². The van der Waals surface area contributed by atoms with E-state index in [-0.39, 0.29) is 13.0 Å². The molecule has 0 aliphatic carbocycles. The molecule has 0 bridgehead atoms. The van der Waals surface area contributed by atoms with E-state index >= 15 is 0 Å². The van der Waals surface area contributed by atoms with Crippen LogP contribution < -0.4 is 11.1 Å². The number of rotatable bonds is 7. The predicted octanol–water partition coefficient (Wildman–Crippen LogP) is 4.71. The first kappa shape index (κ1) is 18.7. The smallest absolute Gasteiger partial charge is 0.305 e. The lowest BCUT2D eigenvalue weighted by molar-refractivity contribution is -0.138. The third kappa shape index (κ3) is 4.28. The fraction of sp³-hybridized carbons (Fsp3) is 0.130. The van der Waals surface area contributed by atoms with Crippen molar-refractivity contribution in [3.63, 3.8) is 0 Å². The van der Waals surface area contributed by atoms with Gasteiger partial charge in [-0.25, -0.2) is 4.98 Å². The number of carbonyl (C=O) groups is 1. The van der Waals surface area contributed by atoms with Crippen LogP contribution in [0.5, 0.6) is 0 Å². The summed E-state index contributed by atoms with van der Waals surface area (Å²) in [5.74, 6) is -0.878. The highest BCUT2D eigenvalue weighted by atomic mass is 16.5. The number of nitrogens with one attached hydrogen (secondary N) is 1. The van der Waals surface area contributed by atoms with Gasteiger partial charge in [-0.15, -0.1) is 0 Å². The van der Waals surface area contributed by atoms with Crippen molar-refractivity contribution in [3.8, 4) is 0 Å². The first-order valence-corrected chi connectivity index (χ1v) is 9.33. The third-order valence-corrected chi connectivity index (χ3v) is 4.60. The minimum atomic E-state index is -0.878. The SMILES string of the molecule is Nc1cc(COCCC(=O)O)cc(Nc2c3ccccc3nc3ccccc23)c1. The number of carboxylic acids is 1. The molecular formula is C23H21N3O3. The Labute approximate surface area is 167 Å². The molecule has 0 saturated carbocycles. The molecule has 29 heavy (non-hydrogen) atoms. The van der Waals surface area contributed by atoms with Gasteiger partial charge in [0.2, 0.25) is 0 Å². The van der Waals surface area contributed by atoms with Crippen molar-refractivity contribution < 1.29 is 14.6 Å². The minimum absolute atomic E-state index is 0.0254. The molecule has 4 aromatic rings. The lowest BCUT2D eigenvalue weighted by Crippen LogP contribution is -2.03. The van der Waals surface area contributed by atoms with Crippen LogP contribution in [0.4, 0.5) is 17.1 Å². The molecule has 0 atom stereocenters. The van der Waals surface area contributed by atoms with Crippen molar-refractivity contribution in [3.05, 3.63) is 72.3 Å². The third-order valence-electron chi connectivity index (χ3n) is 4.60. The van der Waals surface area contributed by atoms with Crippen LogP contribution >= 0.6 is 0 Å². The largest absolute Gasteiger partial charge is 0.481 e. The lowest BCUT2D eigenvalue weighted by Gasteiger charge is -2.15. The summed E-state index contributed by atoms with van der Waals surface area (Å²) in [4.78, 5) is 15.4. The van der Waals surface area contributed by atoms with Gasteiger partial charge in [-0.3, -0.25) is 4.79 Å². The molecule has 0 saturated heterocycles. The van der Waals surface area contributed by atoms with Crippen LogP contribution in [0.25, 0.3) is 21.8 Å². The van der Waals surface area contributed by atoms with Crippen LogP contribution in [0.15, 0.2) is 66.7 Å². The molecule has 6 nitrogen and oxygen atoms in total. The Morgan fingerprint density at radius 2 is 1.66 bits per heavy atom. The topological polar surface area (TPSA) is 97.5 Å². The van der Waals surface area contributed by atoms with Crippen molar-refractivity contribution in [2.45, 2.75) is 13.0 Å². The highest BCUT2D eigenvalue weighted by Gasteiger charge is 2.10. The van der Waals surface area contributed by atoms with E-state index in [0.717, 1.165) is 38.7 Å². The van der Waals surface area contributed by atoms with Gasteiger partial charge in [0.05, 0.1) is 36.4 Å². The van der Waals surface area contributed by atoms with E-state index in [1.54, 1.807) is 0 Å². The van der Waals surface area contributed by atoms with Gasteiger partial charge in [-0.1, -0.05) is 36.4 Å². The monoisotopic (exact) mass is 387 g/mol. The fourth-order valence-electron chi connectivity index (χ4n) is 3.34. The maximum Gasteiger partial charge on any atom is 0.305 e. The van der Waals surface area contributed by atoms with Crippen LogP contribution in [-0.4, -0.2) is 22.7 Å². The molecule has 6 heteroatoms. The molecule has 4 N–H and O–H groups in total. The molecule has 0 spiro atoms. The quantitative estimate of drug-likeness (QED) is 0.241. The zero-order valence-corrected chi connectivity index (χ0v) is 15.8. The van der Waals surface area contributed by atoms with Gasteiger partial charge < -0.3 is 20.9 Å².